The molecule has 1 aliphatic heterocycles. The first kappa shape index (κ1) is 17.6. The number of aliphatic hydroxyl groups is 1. The lowest BCUT2D eigenvalue weighted by atomic mass is 9.66. The van der Waals surface area contributed by atoms with Crippen LogP contribution in [-0.4, -0.2) is 28.5 Å². The van der Waals surface area contributed by atoms with Gasteiger partial charge in [-0.25, -0.2) is 0 Å². The van der Waals surface area contributed by atoms with Crippen LogP contribution < -0.4 is 0 Å². The molecule has 136 valence electrons. The summed E-state index contributed by atoms with van der Waals surface area (Å²) in [5, 5.41) is 12.2. The number of hydrogen-bond donors (Lipinski definition) is 1. The van der Waals surface area contributed by atoms with E-state index in [-0.39, 0.29) is 17.9 Å². The van der Waals surface area contributed by atoms with Gasteiger partial charge in [0.15, 0.2) is 0 Å². The summed E-state index contributed by atoms with van der Waals surface area (Å²) in [6.07, 6.45) is 4.72. The molecule has 26 heavy (non-hydrogen) atoms. The highest BCUT2D eigenvalue weighted by Crippen LogP contribution is 2.47. The van der Waals surface area contributed by atoms with Crippen LogP contribution in [0.25, 0.3) is 0 Å². The van der Waals surface area contributed by atoms with Crippen molar-refractivity contribution in [2.24, 2.45) is 5.92 Å². The van der Waals surface area contributed by atoms with E-state index in [0.29, 0.717) is 23.6 Å². The van der Waals surface area contributed by atoms with Crippen LogP contribution >= 0.6 is 11.6 Å². The summed E-state index contributed by atoms with van der Waals surface area (Å²) in [4.78, 5) is 15.1. The molecule has 4 rings (SSSR count). The molecule has 2 aliphatic rings. The van der Waals surface area contributed by atoms with E-state index in [2.05, 4.69) is 0 Å². The SMILES string of the molecule is O=C(c1ccc(Cl)cc1)N1CCC(O)(c2ccccc2)C2CCCCC21. The number of fused-ring (bicyclic) bond motifs is 1. The maximum absolute atomic E-state index is 13.1. The number of nitrogens with zero attached hydrogens (tertiary/aromatic N) is 1. The molecular formula is C22H24ClNO2. The van der Waals surface area contributed by atoms with E-state index >= 15 is 0 Å². The maximum atomic E-state index is 13.1. The number of halogens is 1. The highest BCUT2D eigenvalue weighted by Gasteiger charge is 2.50. The van der Waals surface area contributed by atoms with E-state index in [0.717, 1.165) is 31.2 Å². The molecule has 0 bridgehead atoms. The lowest BCUT2D eigenvalue weighted by molar-refractivity contribution is -0.110. The molecule has 2 fully saturated rings. The van der Waals surface area contributed by atoms with E-state index in [9.17, 15) is 9.90 Å². The van der Waals surface area contributed by atoms with E-state index in [1.54, 1.807) is 24.3 Å². The van der Waals surface area contributed by atoms with Gasteiger partial charge in [-0.05, 0) is 49.1 Å². The third kappa shape index (κ3) is 3.04. The Morgan fingerprint density at radius 1 is 1.04 bits per heavy atom. The predicted molar refractivity (Wildman–Crippen MR) is 103 cm³/mol. The number of carbonyl (C=O) groups excluding carboxylic acids is 1. The molecule has 2 aromatic carbocycles. The van der Waals surface area contributed by atoms with Crippen LogP contribution in [0.2, 0.25) is 5.02 Å². The fraction of sp³-hybridized carbons (Fsp3) is 0.409. The minimum absolute atomic E-state index is 0.0497. The van der Waals surface area contributed by atoms with Crippen molar-refractivity contribution in [1.29, 1.82) is 0 Å². The summed E-state index contributed by atoms with van der Waals surface area (Å²) in [5.74, 6) is 0.136. The lowest BCUT2D eigenvalue weighted by Crippen LogP contribution is -2.58. The number of likely N-dealkylation sites (tertiary alicyclic amines) is 1. The second kappa shape index (κ2) is 7.05. The minimum atomic E-state index is -0.844. The van der Waals surface area contributed by atoms with Gasteiger partial charge in [0.1, 0.15) is 0 Å². The lowest BCUT2D eigenvalue weighted by Gasteiger charge is -2.52. The molecule has 1 saturated carbocycles. The summed E-state index contributed by atoms with van der Waals surface area (Å²) < 4.78 is 0. The number of piperidine rings is 1. The van der Waals surface area contributed by atoms with Gasteiger partial charge in [-0.15, -0.1) is 0 Å². The van der Waals surface area contributed by atoms with E-state index in [4.69, 9.17) is 11.6 Å². The third-order valence-corrected chi connectivity index (χ3v) is 6.35. The second-order valence-corrected chi connectivity index (χ2v) is 7.94. The standard InChI is InChI=1S/C22H24ClNO2/c23-18-12-10-16(11-13-18)21(25)24-15-14-22(26,17-6-2-1-3-7-17)19-8-4-5-9-20(19)24/h1-3,6-7,10-13,19-20,26H,4-5,8-9,14-15H2. The van der Waals surface area contributed by atoms with E-state index in [1.807, 2.05) is 35.2 Å². The van der Waals surface area contributed by atoms with E-state index in [1.165, 1.54) is 0 Å². The number of carbonyl (C=O) groups is 1. The fourth-order valence-electron chi connectivity index (χ4n) is 4.78. The average molecular weight is 370 g/mol. The molecule has 3 unspecified atom stereocenters. The zero-order valence-electron chi connectivity index (χ0n) is 14.8. The van der Waals surface area contributed by atoms with Crippen molar-refractivity contribution in [3.63, 3.8) is 0 Å². The van der Waals surface area contributed by atoms with Crippen molar-refractivity contribution in [1.82, 2.24) is 4.90 Å². The molecule has 0 radical (unpaired) electrons. The number of rotatable bonds is 2. The Balaban J connectivity index is 1.64. The van der Waals surface area contributed by atoms with Crippen LogP contribution in [0.5, 0.6) is 0 Å². The fourth-order valence-corrected chi connectivity index (χ4v) is 4.91. The number of amides is 1. The van der Waals surface area contributed by atoms with Gasteiger partial charge in [0, 0.05) is 29.1 Å². The summed E-state index contributed by atoms with van der Waals surface area (Å²) in [5.41, 5.74) is 0.808. The highest BCUT2D eigenvalue weighted by molar-refractivity contribution is 6.30. The van der Waals surface area contributed by atoms with Crippen LogP contribution in [0, 0.1) is 5.92 Å². The second-order valence-electron chi connectivity index (χ2n) is 7.50. The van der Waals surface area contributed by atoms with Gasteiger partial charge >= 0.3 is 0 Å². The monoisotopic (exact) mass is 369 g/mol. The molecule has 4 heteroatoms. The summed E-state index contributed by atoms with van der Waals surface area (Å²) in [6.45, 7) is 0.577. The third-order valence-electron chi connectivity index (χ3n) is 6.10. The molecule has 1 aliphatic carbocycles. The number of hydrogen-bond acceptors (Lipinski definition) is 2. The van der Waals surface area contributed by atoms with Crippen LogP contribution in [0.3, 0.4) is 0 Å². The van der Waals surface area contributed by atoms with Crippen LogP contribution in [0.1, 0.15) is 48.0 Å². The molecular weight excluding hydrogens is 346 g/mol. The van der Waals surface area contributed by atoms with Crippen molar-refractivity contribution in [2.45, 2.75) is 43.7 Å². The average Bonchev–Trinajstić information content (AvgIpc) is 2.69. The molecule has 2 aromatic rings. The van der Waals surface area contributed by atoms with Gasteiger partial charge in [-0.1, -0.05) is 54.8 Å². The number of benzene rings is 2. The van der Waals surface area contributed by atoms with Crippen molar-refractivity contribution in [2.75, 3.05) is 6.54 Å². The quantitative estimate of drug-likeness (QED) is 0.838. The Bertz CT molecular complexity index is 776. The maximum Gasteiger partial charge on any atom is 0.254 e. The highest BCUT2D eigenvalue weighted by atomic mass is 35.5. The molecule has 3 nitrogen and oxygen atoms in total. The largest absolute Gasteiger partial charge is 0.385 e. The summed E-state index contributed by atoms with van der Waals surface area (Å²) in [6, 6.07) is 17.2. The molecule has 1 amide bonds. The predicted octanol–water partition coefficient (Wildman–Crippen LogP) is 4.63. The van der Waals surface area contributed by atoms with Gasteiger partial charge in [-0.3, -0.25) is 4.79 Å². The van der Waals surface area contributed by atoms with Crippen LogP contribution in [0.15, 0.2) is 54.6 Å². The first-order valence-electron chi connectivity index (χ1n) is 9.44. The summed E-state index contributed by atoms with van der Waals surface area (Å²) >= 11 is 5.96. The Hall–Kier alpha value is -1.84. The van der Waals surface area contributed by atoms with Crippen molar-refractivity contribution < 1.29 is 9.90 Å². The van der Waals surface area contributed by atoms with Crippen LogP contribution in [-0.2, 0) is 5.60 Å². The molecule has 0 spiro atoms. The van der Waals surface area contributed by atoms with Crippen LogP contribution in [0.4, 0.5) is 0 Å². The first-order chi connectivity index (χ1) is 12.6. The van der Waals surface area contributed by atoms with Crippen molar-refractivity contribution in [3.8, 4) is 0 Å². The van der Waals surface area contributed by atoms with Gasteiger partial charge < -0.3 is 10.0 Å². The Morgan fingerprint density at radius 2 is 1.73 bits per heavy atom. The Kier molecular flexibility index (Phi) is 4.76. The van der Waals surface area contributed by atoms with Crippen molar-refractivity contribution in [3.05, 3.63) is 70.7 Å². The minimum Gasteiger partial charge on any atom is -0.385 e. The normalized spacial score (nSPS) is 28.5. The first-order valence-corrected chi connectivity index (χ1v) is 9.82. The topological polar surface area (TPSA) is 40.5 Å². The van der Waals surface area contributed by atoms with Crippen molar-refractivity contribution >= 4 is 17.5 Å². The smallest absolute Gasteiger partial charge is 0.254 e. The van der Waals surface area contributed by atoms with E-state index < -0.39 is 5.60 Å². The summed E-state index contributed by atoms with van der Waals surface area (Å²) in [7, 11) is 0. The Labute approximate surface area is 159 Å². The van der Waals surface area contributed by atoms with Gasteiger partial charge in [0.25, 0.3) is 5.91 Å². The zero-order chi connectivity index (χ0) is 18.1. The Morgan fingerprint density at radius 3 is 2.46 bits per heavy atom. The van der Waals surface area contributed by atoms with Gasteiger partial charge in [-0.2, -0.15) is 0 Å². The van der Waals surface area contributed by atoms with Gasteiger partial charge in [0.2, 0.25) is 0 Å². The molecule has 1 heterocycles. The molecule has 0 aromatic heterocycles. The molecule has 1 saturated heterocycles. The molecule has 1 N–H and O–H groups in total. The molecule has 3 atom stereocenters. The van der Waals surface area contributed by atoms with Gasteiger partial charge in [0.05, 0.1) is 5.60 Å². The zero-order valence-corrected chi connectivity index (χ0v) is 15.5.